The standard InChI is InChI=1S/C56H38N2/c1-5-19-39(20-6-1)55-49-30-14-13-28-46(49)47-35-34-44(38-51(47)56(55)40-21-7-2-8-22-40)57(42-23-9-3-10-24-42)52-31-17-15-27-45(52)41-33-36-54-50(37-41)48-29-16-18-32-53(48)58(54)43-25-11-4-12-26-43/h1-38H. The van der Waals surface area contributed by atoms with Crippen LogP contribution in [0.4, 0.5) is 17.1 Å². The van der Waals surface area contributed by atoms with Crippen LogP contribution in [-0.4, -0.2) is 4.57 Å². The number of anilines is 3. The van der Waals surface area contributed by atoms with E-state index in [9.17, 15) is 0 Å². The number of rotatable bonds is 7. The van der Waals surface area contributed by atoms with Gasteiger partial charge >= 0.3 is 0 Å². The third-order valence-electron chi connectivity index (χ3n) is 11.5. The molecule has 2 heteroatoms. The van der Waals surface area contributed by atoms with Crippen LogP contribution >= 0.6 is 0 Å². The van der Waals surface area contributed by atoms with Crippen molar-refractivity contribution in [1.29, 1.82) is 0 Å². The number of para-hydroxylation sites is 4. The number of hydrogen-bond acceptors (Lipinski definition) is 1. The van der Waals surface area contributed by atoms with Crippen LogP contribution in [0.2, 0.25) is 0 Å². The molecule has 1 aromatic heterocycles. The van der Waals surface area contributed by atoms with Crippen LogP contribution in [0.5, 0.6) is 0 Å². The normalized spacial score (nSPS) is 11.4. The lowest BCUT2D eigenvalue weighted by Crippen LogP contribution is -2.11. The monoisotopic (exact) mass is 738 g/mol. The number of benzene rings is 10. The Hall–Kier alpha value is -7.68. The molecule has 0 spiro atoms. The summed E-state index contributed by atoms with van der Waals surface area (Å²) in [5, 5.41) is 7.43. The van der Waals surface area contributed by atoms with Gasteiger partial charge in [-0.25, -0.2) is 0 Å². The minimum atomic E-state index is 1.10. The van der Waals surface area contributed by atoms with Crippen molar-refractivity contribution in [3.05, 3.63) is 231 Å². The van der Waals surface area contributed by atoms with E-state index in [1.54, 1.807) is 0 Å². The molecule has 0 unspecified atom stereocenters. The van der Waals surface area contributed by atoms with Gasteiger partial charge in [-0.15, -0.1) is 0 Å². The third kappa shape index (κ3) is 5.57. The Balaban J connectivity index is 1.17. The van der Waals surface area contributed by atoms with E-state index >= 15 is 0 Å². The van der Waals surface area contributed by atoms with Crippen molar-refractivity contribution in [2.24, 2.45) is 0 Å². The molecule has 272 valence electrons. The molecule has 0 radical (unpaired) electrons. The van der Waals surface area contributed by atoms with Gasteiger partial charge in [0.1, 0.15) is 0 Å². The molecular formula is C56H38N2. The number of nitrogens with zero attached hydrogens (tertiary/aromatic N) is 2. The minimum absolute atomic E-state index is 1.10. The molecule has 11 aromatic rings. The van der Waals surface area contributed by atoms with Gasteiger partial charge in [-0.1, -0.05) is 170 Å². The molecule has 0 aliphatic carbocycles. The summed E-state index contributed by atoms with van der Waals surface area (Å²) >= 11 is 0. The van der Waals surface area contributed by atoms with Crippen LogP contribution < -0.4 is 4.90 Å². The average molecular weight is 739 g/mol. The summed E-state index contributed by atoms with van der Waals surface area (Å²) < 4.78 is 2.38. The Morgan fingerprint density at radius 3 is 1.55 bits per heavy atom. The second-order valence-electron chi connectivity index (χ2n) is 14.9. The molecule has 10 aromatic carbocycles. The lowest BCUT2D eigenvalue weighted by atomic mass is 9.85. The second-order valence-corrected chi connectivity index (χ2v) is 14.9. The zero-order valence-corrected chi connectivity index (χ0v) is 31.8. The van der Waals surface area contributed by atoms with Crippen molar-refractivity contribution in [3.8, 4) is 39.1 Å². The summed E-state index contributed by atoms with van der Waals surface area (Å²) in [5.74, 6) is 0. The quantitative estimate of drug-likeness (QED) is 0.148. The fraction of sp³-hybridized carbons (Fsp3) is 0. The highest BCUT2D eigenvalue weighted by Gasteiger charge is 2.22. The molecule has 0 amide bonds. The first-order chi connectivity index (χ1) is 28.8. The first kappa shape index (κ1) is 33.6. The summed E-state index contributed by atoms with van der Waals surface area (Å²) in [7, 11) is 0. The van der Waals surface area contributed by atoms with Crippen LogP contribution in [0, 0.1) is 0 Å². The lowest BCUT2D eigenvalue weighted by molar-refractivity contribution is 1.18. The Morgan fingerprint density at radius 2 is 0.828 bits per heavy atom. The average Bonchev–Trinajstić information content (AvgIpc) is 3.64. The predicted octanol–water partition coefficient (Wildman–Crippen LogP) is 15.6. The fourth-order valence-electron chi connectivity index (χ4n) is 9.04. The lowest BCUT2D eigenvalue weighted by Gasteiger charge is -2.29. The van der Waals surface area contributed by atoms with Crippen LogP contribution in [0.25, 0.3) is 82.4 Å². The van der Waals surface area contributed by atoms with Crippen molar-refractivity contribution in [2.45, 2.75) is 0 Å². The molecule has 11 rings (SSSR count). The molecule has 58 heavy (non-hydrogen) atoms. The Labute approximate surface area is 338 Å². The van der Waals surface area contributed by atoms with Gasteiger partial charge < -0.3 is 9.47 Å². The first-order valence-corrected chi connectivity index (χ1v) is 19.9. The summed E-state index contributed by atoms with van der Waals surface area (Å²) in [6.45, 7) is 0. The van der Waals surface area contributed by atoms with Crippen LogP contribution in [0.3, 0.4) is 0 Å². The van der Waals surface area contributed by atoms with Crippen molar-refractivity contribution < 1.29 is 0 Å². The molecule has 2 nitrogen and oxygen atoms in total. The van der Waals surface area contributed by atoms with E-state index < -0.39 is 0 Å². The highest BCUT2D eigenvalue weighted by Crippen LogP contribution is 2.48. The smallest absolute Gasteiger partial charge is 0.0541 e. The van der Waals surface area contributed by atoms with Gasteiger partial charge in [0.25, 0.3) is 0 Å². The maximum atomic E-state index is 2.43. The molecule has 0 N–H and O–H groups in total. The zero-order chi connectivity index (χ0) is 38.4. The van der Waals surface area contributed by atoms with E-state index in [4.69, 9.17) is 0 Å². The molecule has 0 bridgehead atoms. The molecule has 0 aliphatic heterocycles. The van der Waals surface area contributed by atoms with Crippen LogP contribution in [0.1, 0.15) is 0 Å². The molecule has 0 saturated heterocycles. The van der Waals surface area contributed by atoms with E-state index in [0.717, 1.165) is 28.3 Å². The molecule has 0 saturated carbocycles. The summed E-state index contributed by atoms with van der Waals surface area (Å²) in [4.78, 5) is 2.43. The molecular weight excluding hydrogens is 701 g/mol. The molecule has 0 atom stereocenters. The highest BCUT2D eigenvalue weighted by molar-refractivity contribution is 6.22. The third-order valence-corrected chi connectivity index (χ3v) is 11.5. The van der Waals surface area contributed by atoms with Gasteiger partial charge in [0.15, 0.2) is 0 Å². The van der Waals surface area contributed by atoms with Gasteiger partial charge in [-0.3, -0.25) is 0 Å². The van der Waals surface area contributed by atoms with Crippen molar-refractivity contribution in [2.75, 3.05) is 4.90 Å². The van der Waals surface area contributed by atoms with Crippen molar-refractivity contribution >= 4 is 60.4 Å². The zero-order valence-electron chi connectivity index (χ0n) is 31.8. The Morgan fingerprint density at radius 1 is 0.293 bits per heavy atom. The van der Waals surface area contributed by atoms with Gasteiger partial charge in [0.05, 0.1) is 16.7 Å². The van der Waals surface area contributed by atoms with Crippen molar-refractivity contribution in [3.63, 3.8) is 0 Å². The fourth-order valence-corrected chi connectivity index (χ4v) is 9.04. The van der Waals surface area contributed by atoms with Gasteiger partial charge in [-0.2, -0.15) is 0 Å². The van der Waals surface area contributed by atoms with Crippen molar-refractivity contribution in [1.82, 2.24) is 4.57 Å². The minimum Gasteiger partial charge on any atom is -0.310 e. The largest absolute Gasteiger partial charge is 0.310 e. The highest BCUT2D eigenvalue weighted by atomic mass is 15.1. The van der Waals surface area contributed by atoms with Crippen LogP contribution in [0.15, 0.2) is 231 Å². The van der Waals surface area contributed by atoms with E-state index in [2.05, 4.69) is 240 Å². The molecule has 1 heterocycles. The topological polar surface area (TPSA) is 8.17 Å². The maximum absolute atomic E-state index is 2.43. The van der Waals surface area contributed by atoms with Gasteiger partial charge in [0, 0.05) is 33.4 Å². The number of fused-ring (bicyclic) bond motifs is 6. The summed E-state index contributed by atoms with van der Waals surface area (Å²) in [5.41, 5.74) is 14.1. The SMILES string of the molecule is c1ccc(-c2c(-c3ccccc3)c3cc(N(c4ccccc4)c4ccccc4-c4ccc5c(c4)c4ccccc4n5-c4ccccc4)ccc3c3ccccc23)cc1. The summed E-state index contributed by atoms with van der Waals surface area (Å²) in [6.07, 6.45) is 0. The first-order valence-electron chi connectivity index (χ1n) is 19.9. The number of hydrogen-bond donors (Lipinski definition) is 0. The number of aromatic nitrogens is 1. The predicted molar refractivity (Wildman–Crippen MR) is 247 cm³/mol. The van der Waals surface area contributed by atoms with E-state index in [-0.39, 0.29) is 0 Å². The Kier molecular flexibility index (Phi) is 8.19. The molecule has 0 aliphatic rings. The Bertz CT molecular complexity index is 3260. The van der Waals surface area contributed by atoms with E-state index in [0.29, 0.717) is 0 Å². The van der Waals surface area contributed by atoms with E-state index in [1.807, 2.05) is 0 Å². The van der Waals surface area contributed by atoms with E-state index in [1.165, 1.54) is 71.2 Å². The molecule has 0 fully saturated rings. The van der Waals surface area contributed by atoms with Crippen LogP contribution in [-0.2, 0) is 0 Å². The van der Waals surface area contributed by atoms with Gasteiger partial charge in [-0.05, 0) is 110 Å². The summed E-state index contributed by atoms with van der Waals surface area (Å²) in [6, 6.07) is 83.7. The maximum Gasteiger partial charge on any atom is 0.0541 e. The van der Waals surface area contributed by atoms with Gasteiger partial charge in [0.2, 0.25) is 0 Å². The second kappa shape index (κ2) is 14.1.